The summed E-state index contributed by atoms with van der Waals surface area (Å²) in [6.45, 7) is 3.48. The second kappa shape index (κ2) is 5.85. The number of nitrogens with one attached hydrogen (secondary N) is 1. The predicted molar refractivity (Wildman–Crippen MR) is 75.1 cm³/mol. The summed E-state index contributed by atoms with van der Waals surface area (Å²) < 4.78 is 1.03. The molecule has 0 bridgehead atoms. The van der Waals surface area contributed by atoms with Crippen LogP contribution < -0.4 is 11.1 Å². The van der Waals surface area contributed by atoms with Gasteiger partial charge in [0.05, 0.1) is 5.92 Å². The molecule has 0 saturated carbocycles. The number of amides is 1. The molecule has 0 aromatic heterocycles. The van der Waals surface area contributed by atoms with Crippen LogP contribution in [0.2, 0.25) is 0 Å². The predicted octanol–water partition coefficient (Wildman–Crippen LogP) is 1.92. The molecule has 0 saturated heterocycles. The zero-order chi connectivity index (χ0) is 13.0. The van der Waals surface area contributed by atoms with E-state index in [-0.39, 0.29) is 11.7 Å². The van der Waals surface area contributed by atoms with Gasteiger partial charge in [0.25, 0.3) is 0 Å². The minimum Gasteiger partial charge on any atom is -0.409 e. The van der Waals surface area contributed by atoms with E-state index >= 15 is 0 Å². The molecule has 1 aromatic rings. The Balaban J connectivity index is 2.84. The summed E-state index contributed by atoms with van der Waals surface area (Å²) in [6, 6.07) is 5.75. The summed E-state index contributed by atoms with van der Waals surface area (Å²) in [7, 11) is 0. The van der Waals surface area contributed by atoms with Crippen LogP contribution in [0.4, 0.5) is 5.69 Å². The van der Waals surface area contributed by atoms with Crippen LogP contribution in [-0.4, -0.2) is 17.0 Å². The maximum Gasteiger partial charge on any atom is 0.234 e. The molecular weight excluding hydrogens is 333 g/mol. The fraction of sp³-hybridized carbons (Fsp3) is 0.273. The molecule has 0 spiro atoms. The van der Waals surface area contributed by atoms with Crippen molar-refractivity contribution in [3.63, 3.8) is 0 Å². The summed E-state index contributed by atoms with van der Waals surface area (Å²) in [6.07, 6.45) is 0. The van der Waals surface area contributed by atoms with E-state index < -0.39 is 5.92 Å². The van der Waals surface area contributed by atoms with Gasteiger partial charge in [0.2, 0.25) is 5.91 Å². The van der Waals surface area contributed by atoms with Crippen molar-refractivity contribution in [3.05, 3.63) is 27.3 Å². The number of benzene rings is 1. The van der Waals surface area contributed by atoms with Gasteiger partial charge >= 0.3 is 0 Å². The third-order valence-electron chi connectivity index (χ3n) is 2.41. The molecule has 1 aromatic carbocycles. The van der Waals surface area contributed by atoms with E-state index in [0.717, 1.165) is 14.8 Å². The van der Waals surface area contributed by atoms with E-state index in [1.165, 1.54) is 0 Å². The van der Waals surface area contributed by atoms with Crippen LogP contribution in [0.5, 0.6) is 0 Å². The molecule has 92 valence electrons. The van der Waals surface area contributed by atoms with Crippen LogP contribution in [-0.2, 0) is 4.79 Å². The van der Waals surface area contributed by atoms with Gasteiger partial charge in [0.1, 0.15) is 0 Å². The molecule has 0 aliphatic heterocycles. The Bertz CT molecular complexity index is 460. The minimum atomic E-state index is -0.669. The van der Waals surface area contributed by atoms with Crippen LogP contribution in [0.15, 0.2) is 23.4 Å². The van der Waals surface area contributed by atoms with E-state index in [9.17, 15) is 4.79 Å². The van der Waals surface area contributed by atoms with Gasteiger partial charge < -0.3 is 16.3 Å². The smallest absolute Gasteiger partial charge is 0.234 e. The number of hydrogen-bond donors (Lipinski definition) is 3. The van der Waals surface area contributed by atoms with E-state index in [0.29, 0.717) is 0 Å². The first kappa shape index (κ1) is 13.8. The number of aryl methyl sites for hydroxylation is 1. The Hall–Kier alpha value is -1.31. The summed E-state index contributed by atoms with van der Waals surface area (Å²) >= 11 is 2.17. The number of amidine groups is 1. The van der Waals surface area contributed by atoms with Gasteiger partial charge in [-0.2, -0.15) is 0 Å². The topological polar surface area (TPSA) is 87.7 Å². The summed E-state index contributed by atoms with van der Waals surface area (Å²) in [4.78, 5) is 11.8. The van der Waals surface area contributed by atoms with Crippen molar-refractivity contribution in [3.8, 4) is 0 Å². The van der Waals surface area contributed by atoms with Crippen molar-refractivity contribution in [2.24, 2.45) is 16.8 Å². The zero-order valence-corrected chi connectivity index (χ0v) is 11.7. The number of halogens is 1. The second-order valence-electron chi connectivity index (χ2n) is 3.70. The van der Waals surface area contributed by atoms with E-state index in [2.05, 4.69) is 33.1 Å². The van der Waals surface area contributed by atoms with E-state index in [1.54, 1.807) is 6.92 Å². The van der Waals surface area contributed by atoms with E-state index in [1.807, 2.05) is 25.1 Å². The Morgan fingerprint density at radius 1 is 1.59 bits per heavy atom. The standard InChI is InChI=1S/C11H14IN3O2/c1-6-3-4-8(12)5-9(6)14-11(16)7(2)10(13)15-17/h3-5,7,17H,1-2H3,(H2,13,15)(H,14,16). The molecule has 1 unspecified atom stereocenters. The number of carbonyl (C=O) groups excluding carboxylic acids is 1. The molecule has 0 fully saturated rings. The van der Waals surface area contributed by atoms with Gasteiger partial charge in [-0.1, -0.05) is 11.2 Å². The average Bonchev–Trinajstić information content (AvgIpc) is 2.31. The Kier molecular flexibility index (Phi) is 4.73. The third kappa shape index (κ3) is 3.58. The monoisotopic (exact) mass is 347 g/mol. The van der Waals surface area contributed by atoms with Crippen LogP contribution in [0, 0.1) is 16.4 Å². The molecular formula is C11H14IN3O2. The van der Waals surface area contributed by atoms with Crippen molar-refractivity contribution < 1.29 is 10.0 Å². The summed E-state index contributed by atoms with van der Waals surface area (Å²) in [5.74, 6) is -1.08. The van der Waals surface area contributed by atoms with Gasteiger partial charge in [-0.3, -0.25) is 4.79 Å². The molecule has 0 aliphatic carbocycles. The lowest BCUT2D eigenvalue weighted by Gasteiger charge is -2.12. The van der Waals surface area contributed by atoms with Crippen molar-refractivity contribution in [2.75, 3.05) is 5.32 Å². The van der Waals surface area contributed by atoms with Gasteiger partial charge in [0, 0.05) is 9.26 Å². The van der Waals surface area contributed by atoms with Crippen molar-refractivity contribution in [1.29, 1.82) is 0 Å². The van der Waals surface area contributed by atoms with Crippen molar-refractivity contribution in [1.82, 2.24) is 0 Å². The maximum atomic E-state index is 11.8. The van der Waals surface area contributed by atoms with Crippen LogP contribution in [0.1, 0.15) is 12.5 Å². The van der Waals surface area contributed by atoms with Crippen molar-refractivity contribution in [2.45, 2.75) is 13.8 Å². The maximum absolute atomic E-state index is 11.8. The molecule has 1 rings (SSSR count). The lowest BCUT2D eigenvalue weighted by atomic mass is 10.1. The fourth-order valence-electron chi connectivity index (χ4n) is 1.19. The first-order valence-corrected chi connectivity index (χ1v) is 6.08. The molecule has 1 atom stereocenters. The molecule has 5 nitrogen and oxygen atoms in total. The second-order valence-corrected chi connectivity index (χ2v) is 4.94. The highest BCUT2D eigenvalue weighted by Gasteiger charge is 2.18. The molecule has 17 heavy (non-hydrogen) atoms. The highest BCUT2D eigenvalue weighted by atomic mass is 127. The summed E-state index contributed by atoms with van der Waals surface area (Å²) in [5, 5.41) is 14.1. The molecule has 0 radical (unpaired) electrons. The first-order valence-electron chi connectivity index (χ1n) is 5.00. The van der Waals surface area contributed by atoms with Crippen molar-refractivity contribution >= 4 is 40.0 Å². The normalized spacial score (nSPS) is 13.2. The number of nitrogens with zero attached hydrogens (tertiary/aromatic N) is 1. The number of hydrogen-bond acceptors (Lipinski definition) is 3. The van der Waals surface area contributed by atoms with Crippen LogP contribution in [0.25, 0.3) is 0 Å². The first-order chi connectivity index (χ1) is 7.95. The van der Waals surface area contributed by atoms with Gasteiger partial charge in [0.15, 0.2) is 5.84 Å². The van der Waals surface area contributed by atoms with Gasteiger partial charge in [-0.05, 0) is 54.1 Å². The van der Waals surface area contributed by atoms with E-state index in [4.69, 9.17) is 10.9 Å². The number of nitrogens with two attached hydrogens (primary N) is 1. The van der Waals surface area contributed by atoms with Gasteiger partial charge in [-0.25, -0.2) is 0 Å². The highest BCUT2D eigenvalue weighted by molar-refractivity contribution is 14.1. The third-order valence-corrected chi connectivity index (χ3v) is 3.08. The molecule has 1 amide bonds. The average molecular weight is 347 g/mol. The fourth-order valence-corrected chi connectivity index (χ4v) is 1.68. The Morgan fingerprint density at radius 2 is 2.24 bits per heavy atom. The quantitative estimate of drug-likeness (QED) is 0.257. The number of anilines is 1. The number of carbonyl (C=O) groups is 1. The minimum absolute atomic E-state index is 0.106. The highest BCUT2D eigenvalue weighted by Crippen LogP contribution is 2.18. The number of rotatable bonds is 3. The van der Waals surface area contributed by atoms with Crippen LogP contribution >= 0.6 is 22.6 Å². The zero-order valence-electron chi connectivity index (χ0n) is 9.57. The van der Waals surface area contributed by atoms with Gasteiger partial charge in [-0.15, -0.1) is 0 Å². The molecule has 0 aliphatic rings. The lowest BCUT2D eigenvalue weighted by molar-refractivity contribution is -0.117. The lowest BCUT2D eigenvalue weighted by Crippen LogP contribution is -2.32. The summed E-state index contributed by atoms with van der Waals surface area (Å²) in [5.41, 5.74) is 7.08. The Labute approximate surface area is 113 Å². The Morgan fingerprint density at radius 3 is 2.82 bits per heavy atom. The number of oxime groups is 1. The largest absolute Gasteiger partial charge is 0.409 e. The molecule has 0 heterocycles. The van der Waals surface area contributed by atoms with Crippen LogP contribution in [0.3, 0.4) is 0 Å². The SMILES string of the molecule is Cc1ccc(I)cc1NC(=O)C(C)/C(N)=N/O. The molecule has 4 N–H and O–H groups in total. The molecule has 6 heteroatoms.